The average Bonchev–Trinajstić information content (AvgIpc) is 3.17. The number of nitrogens with zero attached hydrogens (tertiary/aromatic N) is 3. The summed E-state index contributed by atoms with van der Waals surface area (Å²) in [5.74, 6) is 0.442. The number of rotatable bonds is 7. The van der Waals surface area contributed by atoms with Gasteiger partial charge in [-0.3, -0.25) is 19.5 Å². The Labute approximate surface area is 188 Å². The predicted molar refractivity (Wildman–Crippen MR) is 125 cm³/mol. The number of ether oxygens (including phenoxy) is 1. The topological polar surface area (TPSA) is 99.3 Å². The molecule has 3 aromatic carbocycles. The van der Waals surface area contributed by atoms with E-state index in [0.717, 1.165) is 22.5 Å². The molecule has 0 aliphatic rings. The SMILES string of the molecule is COc1ccc(-n2c(SCC(=O)Nc3c(C)cccc3[N+](=O)[O-])nc3ccccc32)cc1. The van der Waals surface area contributed by atoms with Crippen LogP contribution >= 0.6 is 11.8 Å². The van der Waals surface area contributed by atoms with Gasteiger partial charge >= 0.3 is 0 Å². The van der Waals surface area contributed by atoms with Gasteiger partial charge in [0.2, 0.25) is 5.91 Å². The normalized spacial score (nSPS) is 10.8. The molecule has 1 N–H and O–H groups in total. The van der Waals surface area contributed by atoms with Crippen LogP contribution in [0.3, 0.4) is 0 Å². The van der Waals surface area contributed by atoms with Crippen molar-refractivity contribution in [2.24, 2.45) is 0 Å². The van der Waals surface area contributed by atoms with Gasteiger partial charge in [-0.05, 0) is 48.9 Å². The van der Waals surface area contributed by atoms with Crippen molar-refractivity contribution >= 4 is 40.1 Å². The second-order valence-corrected chi connectivity index (χ2v) is 7.92. The minimum atomic E-state index is -0.501. The van der Waals surface area contributed by atoms with Crippen LogP contribution in [0, 0.1) is 17.0 Å². The van der Waals surface area contributed by atoms with Crippen LogP contribution in [-0.2, 0) is 4.79 Å². The number of para-hydroxylation sites is 3. The molecule has 0 aliphatic carbocycles. The molecule has 9 heteroatoms. The molecule has 8 nitrogen and oxygen atoms in total. The van der Waals surface area contributed by atoms with E-state index in [4.69, 9.17) is 4.74 Å². The summed E-state index contributed by atoms with van der Waals surface area (Å²) in [7, 11) is 1.61. The van der Waals surface area contributed by atoms with Crippen LogP contribution < -0.4 is 10.1 Å². The molecule has 0 saturated heterocycles. The first-order valence-corrected chi connectivity index (χ1v) is 10.7. The summed E-state index contributed by atoms with van der Waals surface area (Å²) in [6.07, 6.45) is 0. The molecular formula is C23H20N4O4S. The lowest BCUT2D eigenvalue weighted by Gasteiger charge is -2.11. The number of amides is 1. The van der Waals surface area contributed by atoms with Gasteiger partial charge < -0.3 is 10.1 Å². The molecule has 0 saturated carbocycles. The largest absolute Gasteiger partial charge is 0.497 e. The molecular weight excluding hydrogens is 428 g/mol. The molecule has 162 valence electrons. The van der Waals surface area contributed by atoms with Crippen LogP contribution in [0.15, 0.2) is 71.9 Å². The van der Waals surface area contributed by atoms with Crippen LogP contribution in [0.1, 0.15) is 5.56 Å². The van der Waals surface area contributed by atoms with Crippen molar-refractivity contribution in [2.75, 3.05) is 18.2 Å². The maximum atomic E-state index is 12.7. The van der Waals surface area contributed by atoms with Crippen LogP contribution in [0.2, 0.25) is 0 Å². The second-order valence-electron chi connectivity index (χ2n) is 6.98. The first-order valence-electron chi connectivity index (χ1n) is 9.76. The number of benzene rings is 3. The van der Waals surface area contributed by atoms with E-state index in [1.807, 2.05) is 53.1 Å². The third-order valence-corrected chi connectivity index (χ3v) is 5.84. The van der Waals surface area contributed by atoms with Gasteiger partial charge in [0.05, 0.1) is 28.8 Å². The molecule has 1 amide bonds. The quantitative estimate of drug-likeness (QED) is 0.243. The number of methoxy groups -OCH3 is 1. The number of thioether (sulfide) groups is 1. The van der Waals surface area contributed by atoms with E-state index in [2.05, 4.69) is 10.3 Å². The Balaban J connectivity index is 1.60. The van der Waals surface area contributed by atoms with Gasteiger partial charge in [0.15, 0.2) is 5.16 Å². The Morgan fingerprint density at radius 3 is 2.59 bits per heavy atom. The van der Waals surface area contributed by atoms with Crippen molar-refractivity contribution in [3.05, 3.63) is 82.4 Å². The lowest BCUT2D eigenvalue weighted by atomic mass is 10.1. The number of nitro benzene ring substituents is 1. The number of nitro groups is 1. The van der Waals surface area contributed by atoms with E-state index in [0.29, 0.717) is 10.7 Å². The van der Waals surface area contributed by atoms with Crippen LogP contribution in [0.25, 0.3) is 16.7 Å². The van der Waals surface area contributed by atoms with E-state index < -0.39 is 4.92 Å². The molecule has 0 atom stereocenters. The molecule has 0 unspecified atom stereocenters. The molecule has 0 radical (unpaired) electrons. The number of anilines is 1. The van der Waals surface area contributed by atoms with Gasteiger partial charge in [-0.1, -0.05) is 36.0 Å². The fourth-order valence-electron chi connectivity index (χ4n) is 3.35. The van der Waals surface area contributed by atoms with Gasteiger partial charge in [0, 0.05) is 11.8 Å². The summed E-state index contributed by atoms with van der Waals surface area (Å²) in [4.78, 5) is 28.1. The number of carbonyl (C=O) groups excluding carboxylic acids is 1. The lowest BCUT2D eigenvalue weighted by Crippen LogP contribution is -2.16. The maximum absolute atomic E-state index is 12.7. The Kier molecular flexibility index (Phi) is 6.09. The zero-order valence-electron chi connectivity index (χ0n) is 17.4. The van der Waals surface area contributed by atoms with Crippen molar-refractivity contribution < 1.29 is 14.5 Å². The minimum Gasteiger partial charge on any atom is -0.497 e. The highest BCUT2D eigenvalue weighted by Crippen LogP contribution is 2.30. The smallest absolute Gasteiger partial charge is 0.293 e. The molecule has 4 rings (SSSR count). The monoisotopic (exact) mass is 448 g/mol. The van der Waals surface area contributed by atoms with Crippen LogP contribution in [-0.4, -0.2) is 33.2 Å². The number of aryl methyl sites for hydroxylation is 1. The van der Waals surface area contributed by atoms with E-state index in [1.54, 1.807) is 26.2 Å². The van der Waals surface area contributed by atoms with Crippen molar-refractivity contribution in [1.82, 2.24) is 9.55 Å². The Morgan fingerprint density at radius 2 is 1.88 bits per heavy atom. The summed E-state index contributed by atoms with van der Waals surface area (Å²) in [6, 6.07) is 20.0. The van der Waals surface area contributed by atoms with Crippen LogP contribution in [0.5, 0.6) is 5.75 Å². The number of fused-ring (bicyclic) bond motifs is 1. The molecule has 0 aliphatic heterocycles. The number of hydrogen-bond acceptors (Lipinski definition) is 6. The summed E-state index contributed by atoms with van der Waals surface area (Å²) in [5.41, 5.74) is 3.32. The van der Waals surface area contributed by atoms with Crippen LogP contribution in [0.4, 0.5) is 11.4 Å². The fraction of sp³-hybridized carbons (Fsp3) is 0.130. The summed E-state index contributed by atoms with van der Waals surface area (Å²) in [5, 5.41) is 14.6. The highest BCUT2D eigenvalue weighted by Gasteiger charge is 2.19. The third-order valence-electron chi connectivity index (χ3n) is 4.90. The zero-order chi connectivity index (χ0) is 22.7. The average molecular weight is 449 g/mol. The molecule has 0 fully saturated rings. The van der Waals surface area contributed by atoms with Gasteiger partial charge in [-0.25, -0.2) is 4.98 Å². The fourth-order valence-corrected chi connectivity index (χ4v) is 4.18. The first-order chi connectivity index (χ1) is 15.5. The Hall–Kier alpha value is -3.85. The Bertz CT molecular complexity index is 1300. The molecule has 1 heterocycles. The maximum Gasteiger partial charge on any atom is 0.293 e. The first kappa shape index (κ1) is 21.4. The van der Waals surface area contributed by atoms with E-state index in [9.17, 15) is 14.9 Å². The summed E-state index contributed by atoms with van der Waals surface area (Å²) >= 11 is 1.26. The standard InChI is InChI=1S/C23H20N4O4S/c1-15-6-5-9-20(27(29)30)22(15)25-21(28)14-32-23-24-18-7-3-4-8-19(18)26(23)16-10-12-17(31-2)13-11-16/h3-13H,14H2,1-2H3,(H,25,28). The van der Waals surface area contributed by atoms with Gasteiger partial charge in [0.25, 0.3) is 5.69 Å². The molecule has 4 aromatic rings. The van der Waals surface area contributed by atoms with Crippen molar-refractivity contribution in [3.63, 3.8) is 0 Å². The minimum absolute atomic E-state index is 0.0466. The number of hydrogen-bond donors (Lipinski definition) is 1. The van der Waals surface area contributed by atoms with E-state index >= 15 is 0 Å². The highest BCUT2D eigenvalue weighted by molar-refractivity contribution is 7.99. The van der Waals surface area contributed by atoms with Gasteiger partial charge in [-0.15, -0.1) is 0 Å². The van der Waals surface area contributed by atoms with Crippen molar-refractivity contribution in [3.8, 4) is 11.4 Å². The highest BCUT2D eigenvalue weighted by atomic mass is 32.2. The molecule has 0 spiro atoms. The Morgan fingerprint density at radius 1 is 1.12 bits per heavy atom. The molecule has 1 aromatic heterocycles. The van der Waals surface area contributed by atoms with E-state index in [-0.39, 0.29) is 23.0 Å². The van der Waals surface area contributed by atoms with E-state index in [1.165, 1.54) is 17.8 Å². The second kappa shape index (κ2) is 9.11. The number of aromatic nitrogens is 2. The lowest BCUT2D eigenvalue weighted by molar-refractivity contribution is -0.384. The van der Waals surface area contributed by atoms with Crippen molar-refractivity contribution in [1.29, 1.82) is 0 Å². The molecule has 0 bridgehead atoms. The zero-order valence-corrected chi connectivity index (χ0v) is 18.3. The third kappa shape index (κ3) is 4.28. The summed E-state index contributed by atoms with van der Waals surface area (Å²) < 4.78 is 7.22. The number of imidazole rings is 1. The van der Waals surface area contributed by atoms with Crippen molar-refractivity contribution in [2.45, 2.75) is 12.1 Å². The number of nitrogens with one attached hydrogen (secondary N) is 1. The van der Waals surface area contributed by atoms with Gasteiger partial charge in [-0.2, -0.15) is 0 Å². The van der Waals surface area contributed by atoms with Gasteiger partial charge in [0.1, 0.15) is 11.4 Å². The molecule has 32 heavy (non-hydrogen) atoms. The number of carbonyl (C=O) groups is 1. The predicted octanol–water partition coefficient (Wildman–Crippen LogP) is 4.98. The summed E-state index contributed by atoms with van der Waals surface area (Å²) in [6.45, 7) is 1.72.